The smallest absolute Gasteiger partial charge is 0.252 e. The van der Waals surface area contributed by atoms with Gasteiger partial charge in [0.1, 0.15) is 0 Å². The summed E-state index contributed by atoms with van der Waals surface area (Å²) in [5, 5.41) is 9.87. The number of hydrogen-bond donors (Lipinski definition) is 3. The Morgan fingerprint density at radius 1 is 1.19 bits per heavy atom. The number of carbonyl (C=O) groups is 1. The van der Waals surface area contributed by atoms with E-state index in [1.807, 2.05) is 6.07 Å². The van der Waals surface area contributed by atoms with Crippen LogP contribution in [0.2, 0.25) is 5.02 Å². The van der Waals surface area contributed by atoms with Crippen LogP contribution in [-0.4, -0.2) is 62.6 Å². The second-order valence-corrected chi connectivity index (χ2v) is 7.30. The topological polar surface area (TPSA) is 68.8 Å². The molecule has 1 aliphatic heterocycles. The Kier molecular flexibility index (Phi) is 9.42. The molecule has 1 amide bonds. The van der Waals surface area contributed by atoms with Gasteiger partial charge in [0.2, 0.25) is 0 Å². The number of carbonyl (C=O) groups excluding carboxylic acids is 1. The van der Waals surface area contributed by atoms with E-state index in [9.17, 15) is 4.79 Å². The first-order valence-corrected chi connectivity index (χ1v) is 10.2. The van der Waals surface area contributed by atoms with Crippen LogP contribution in [0.4, 0.5) is 0 Å². The van der Waals surface area contributed by atoms with E-state index in [-0.39, 0.29) is 5.91 Å². The SMILES string of the molecule is CN=C(NCCCN1CCCCC1C)NCCNC(=O)c1ccccc1Cl. The molecule has 1 atom stereocenters. The molecule has 0 spiro atoms. The van der Waals surface area contributed by atoms with Crippen molar-refractivity contribution >= 4 is 23.5 Å². The van der Waals surface area contributed by atoms with Crippen molar-refractivity contribution in [2.45, 2.75) is 38.6 Å². The van der Waals surface area contributed by atoms with Crippen molar-refractivity contribution in [3.8, 4) is 0 Å². The lowest BCUT2D eigenvalue weighted by atomic mass is 10.0. The third-order valence-corrected chi connectivity index (χ3v) is 5.23. The van der Waals surface area contributed by atoms with Gasteiger partial charge in [-0.15, -0.1) is 0 Å². The van der Waals surface area contributed by atoms with Gasteiger partial charge in [-0.05, 0) is 44.9 Å². The zero-order chi connectivity index (χ0) is 19.5. The third kappa shape index (κ3) is 7.39. The summed E-state index contributed by atoms with van der Waals surface area (Å²) in [6.07, 6.45) is 5.09. The molecular weight excluding hydrogens is 362 g/mol. The molecule has 0 radical (unpaired) electrons. The third-order valence-electron chi connectivity index (χ3n) is 4.90. The van der Waals surface area contributed by atoms with Crippen LogP contribution in [0.25, 0.3) is 0 Å². The fourth-order valence-electron chi connectivity index (χ4n) is 3.30. The molecule has 6 nitrogen and oxygen atoms in total. The van der Waals surface area contributed by atoms with Crippen LogP contribution < -0.4 is 16.0 Å². The van der Waals surface area contributed by atoms with Crippen LogP contribution >= 0.6 is 11.6 Å². The maximum absolute atomic E-state index is 12.1. The predicted octanol–water partition coefficient (Wildman–Crippen LogP) is 2.50. The standard InChI is InChI=1S/C20H32ClN5O/c1-16-8-5-6-14-26(16)15-7-11-24-20(22-2)25-13-12-23-19(27)17-9-3-4-10-18(17)21/h3-4,9-10,16H,5-8,11-15H2,1-2H3,(H,23,27)(H2,22,24,25). The molecule has 0 saturated carbocycles. The predicted molar refractivity (Wildman–Crippen MR) is 113 cm³/mol. The summed E-state index contributed by atoms with van der Waals surface area (Å²) in [5.41, 5.74) is 0.494. The number of rotatable bonds is 8. The van der Waals surface area contributed by atoms with E-state index < -0.39 is 0 Å². The second kappa shape index (κ2) is 11.8. The van der Waals surface area contributed by atoms with E-state index in [0.717, 1.165) is 25.5 Å². The highest BCUT2D eigenvalue weighted by Crippen LogP contribution is 2.16. The minimum atomic E-state index is -0.166. The van der Waals surface area contributed by atoms with Gasteiger partial charge in [0.15, 0.2) is 5.96 Å². The minimum Gasteiger partial charge on any atom is -0.356 e. The molecule has 1 aliphatic rings. The van der Waals surface area contributed by atoms with Crippen molar-refractivity contribution < 1.29 is 4.79 Å². The zero-order valence-corrected chi connectivity index (χ0v) is 17.2. The van der Waals surface area contributed by atoms with Crippen molar-refractivity contribution in [3.05, 3.63) is 34.9 Å². The normalized spacial score (nSPS) is 18.2. The summed E-state index contributed by atoms with van der Waals surface area (Å²) in [7, 11) is 1.75. The lowest BCUT2D eigenvalue weighted by Gasteiger charge is -2.33. The number of aliphatic imine (C=N–C) groups is 1. The molecule has 1 heterocycles. The molecule has 0 aliphatic carbocycles. The van der Waals surface area contributed by atoms with Gasteiger partial charge in [0, 0.05) is 39.3 Å². The molecular formula is C20H32ClN5O. The Morgan fingerprint density at radius 2 is 1.93 bits per heavy atom. The maximum Gasteiger partial charge on any atom is 0.252 e. The zero-order valence-electron chi connectivity index (χ0n) is 16.4. The molecule has 27 heavy (non-hydrogen) atoms. The summed E-state index contributed by atoms with van der Waals surface area (Å²) < 4.78 is 0. The van der Waals surface area contributed by atoms with Gasteiger partial charge in [-0.2, -0.15) is 0 Å². The molecule has 1 aromatic rings. The van der Waals surface area contributed by atoms with Crippen LogP contribution in [0, 0.1) is 0 Å². The number of nitrogens with zero attached hydrogens (tertiary/aromatic N) is 2. The first-order chi connectivity index (χ1) is 13.1. The number of halogens is 1. The van der Waals surface area contributed by atoms with Crippen LogP contribution in [0.1, 0.15) is 43.0 Å². The fourth-order valence-corrected chi connectivity index (χ4v) is 3.52. The van der Waals surface area contributed by atoms with Crippen molar-refractivity contribution in [1.82, 2.24) is 20.9 Å². The largest absolute Gasteiger partial charge is 0.356 e. The molecule has 7 heteroatoms. The summed E-state index contributed by atoms with van der Waals surface area (Å²) in [6.45, 7) is 6.65. The lowest BCUT2D eigenvalue weighted by molar-refractivity contribution is 0.0954. The Balaban J connectivity index is 1.58. The highest BCUT2D eigenvalue weighted by Gasteiger charge is 2.17. The van der Waals surface area contributed by atoms with Crippen LogP contribution in [0.15, 0.2) is 29.3 Å². The molecule has 2 rings (SSSR count). The second-order valence-electron chi connectivity index (χ2n) is 6.90. The quantitative estimate of drug-likeness (QED) is 0.360. The van der Waals surface area contributed by atoms with Gasteiger partial charge in [-0.1, -0.05) is 30.2 Å². The van der Waals surface area contributed by atoms with Gasteiger partial charge >= 0.3 is 0 Å². The van der Waals surface area contributed by atoms with Gasteiger partial charge in [-0.3, -0.25) is 9.79 Å². The number of benzene rings is 1. The highest BCUT2D eigenvalue weighted by molar-refractivity contribution is 6.33. The Labute approximate surface area is 167 Å². The molecule has 0 aromatic heterocycles. The Hall–Kier alpha value is -1.79. The maximum atomic E-state index is 12.1. The molecule has 1 fully saturated rings. The average Bonchev–Trinajstić information content (AvgIpc) is 2.68. The molecule has 150 valence electrons. The number of likely N-dealkylation sites (tertiary alicyclic amines) is 1. The van der Waals surface area contributed by atoms with Crippen LogP contribution in [0.3, 0.4) is 0 Å². The van der Waals surface area contributed by atoms with E-state index in [1.54, 1.807) is 25.2 Å². The van der Waals surface area contributed by atoms with Crippen LogP contribution in [-0.2, 0) is 0 Å². The summed E-state index contributed by atoms with van der Waals surface area (Å²) in [4.78, 5) is 18.9. The lowest BCUT2D eigenvalue weighted by Crippen LogP contribution is -2.43. The Morgan fingerprint density at radius 3 is 2.67 bits per heavy atom. The van der Waals surface area contributed by atoms with Crippen molar-refractivity contribution in [1.29, 1.82) is 0 Å². The van der Waals surface area contributed by atoms with Gasteiger partial charge in [-0.25, -0.2) is 0 Å². The first-order valence-electron chi connectivity index (χ1n) is 9.83. The molecule has 1 aromatic carbocycles. The molecule has 1 unspecified atom stereocenters. The van der Waals surface area contributed by atoms with Gasteiger partial charge < -0.3 is 20.9 Å². The Bertz CT molecular complexity index is 622. The average molecular weight is 394 g/mol. The number of amides is 1. The van der Waals surface area contributed by atoms with Crippen molar-refractivity contribution in [3.63, 3.8) is 0 Å². The first kappa shape index (κ1) is 21.5. The number of guanidine groups is 1. The van der Waals surface area contributed by atoms with E-state index in [4.69, 9.17) is 11.6 Å². The monoisotopic (exact) mass is 393 g/mol. The molecule has 1 saturated heterocycles. The van der Waals surface area contributed by atoms with Crippen molar-refractivity contribution in [2.24, 2.45) is 4.99 Å². The molecule has 0 bridgehead atoms. The van der Waals surface area contributed by atoms with E-state index >= 15 is 0 Å². The van der Waals surface area contributed by atoms with Gasteiger partial charge in [0.05, 0.1) is 10.6 Å². The van der Waals surface area contributed by atoms with Crippen molar-refractivity contribution in [2.75, 3.05) is 39.8 Å². The molecule has 3 N–H and O–H groups in total. The summed E-state index contributed by atoms with van der Waals surface area (Å²) >= 11 is 6.03. The number of piperidine rings is 1. The highest BCUT2D eigenvalue weighted by atomic mass is 35.5. The summed E-state index contributed by atoms with van der Waals surface area (Å²) in [5.74, 6) is 0.592. The van der Waals surface area contributed by atoms with E-state index in [2.05, 4.69) is 32.8 Å². The number of nitrogens with one attached hydrogen (secondary N) is 3. The van der Waals surface area contributed by atoms with Crippen LogP contribution in [0.5, 0.6) is 0 Å². The van der Waals surface area contributed by atoms with Gasteiger partial charge in [0.25, 0.3) is 5.91 Å². The summed E-state index contributed by atoms with van der Waals surface area (Å²) in [6, 6.07) is 7.75. The fraction of sp³-hybridized carbons (Fsp3) is 0.600. The van der Waals surface area contributed by atoms with E-state index in [1.165, 1.54) is 25.8 Å². The van der Waals surface area contributed by atoms with E-state index in [0.29, 0.717) is 29.7 Å². The minimum absolute atomic E-state index is 0.166. The number of hydrogen-bond acceptors (Lipinski definition) is 3.